The normalized spacial score (nSPS) is 10.7. The van der Waals surface area contributed by atoms with E-state index in [1.54, 1.807) is 0 Å². The number of aromatic nitrogens is 2. The predicted octanol–water partition coefficient (Wildman–Crippen LogP) is 2.58. The molecule has 0 unspecified atom stereocenters. The fraction of sp³-hybridized carbons (Fsp3) is 0.385. The Bertz CT molecular complexity index is 542. The van der Waals surface area contributed by atoms with Crippen LogP contribution in [0.25, 0.3) is 0 Å². The summed E-state index contributed by atoms with van der Waals surface area (Å²) in [5.41, 5.74) is 1.10. The van der Waals surface area contributed by atoms with Crippen LogP contribution in [0.2, 0.25) is 5.02 Å². The van der Waals surface area contributed by atoms with Crippen molar-refractivity contribution in [3.8, 4) is 5.75 Å². The first-order valence-electron chi connectivity index (χ1n) is 6.10. The van der Waals surface area contributed by atoms with Gasteiger partial charge < -0.3 is 14.6 Å². The molecule has 6 heteroatoms. The van der Waals surface area contributed by atoms with Gasteiger partial charge in [0.25, 0.3) is 5.89 Å². The van der Waals surface area contributed by atoms with Gasteiger partial charge in [0.05, 0.1) is 5.02 Å². The van der Waals surface area contributed by atoms with E-state index in [0.29, 0.717) is 22.5 Å². The van der Waals surface area contributed by atoms with Crippen molar-refractivity contribution >= 4 is 11.6 Å². The summed E-state index contributed by atoms with van der Waals surface area (Å²) in [6.07, 6.45) is 0.739. The second-order valence-corrected chi connectivity index (χ2v) is 4.45. The zero-order valence-corrected chi connectivity index (χ0v) is 11.7. The van der Waals surface area contributed by atoms with Crippen molar-refractivity contribution < 1.29 is 9.26 Å². The van der Waals surface area contributed by atoms with Crippen LogP contribution in [-0.4, -0.2) is 17.2 Å². The van der Waals surface area contributed by atoms with Gasteiger partial charge in [-0.15, -0.1) is 0 Å². The van der Waals surface area contributed by atoms with Gasteiger partial charge in [-0.05, 0) is 24.7 Å². The first kappa shape index (κ1) is 13.8. The van der Waals surface area contributed by atoms with E-state index in [0.717, 1.165) is 18.5 Å². The lowest BCUT2D eigenvalue weighted by Gasteiger charge is -2.07. The van der Waals surface area contributed by atoms with E-state index in [1.807, 2.05) is 32.2 Å². The Labute approximate surface area is 116 Å². The largest absolute Gasteiger partial charge is 0.482 e. The second kappa shape index (κ2) is 6.54. The number of benzene rings is 1. The number of ether oxygens (including phenoxy) is 1. The minimum absolute atomic E-state index is 0.220. The Morgan fingerprint density at radius 3 is 2.89 bits per heavy atom. The van der Waals surface area contributed by atoms with Crippen LogP contribution in [0, 0.1) is 0 Å². The molecule has 1 heterocycles. The number of nitrogens with one attached hydrogen (secondary N) is 1. The molecule has 0 radical (unpaired) electrons. The number of rotatable bonds is 6. The van der Waals surface area contributed by atoms with Crippen molar-refractivity contribution in [2.24, 2.45) is 0 Å². The molecule has 0 saturated carbocycles. The maximum atomic E-state index is 6.14. The fourth-order valence-corrected chi connectivity index (χ4v) is 1.87. The summed E-state index contributed by atoms with van der Waals surface area (Å²) in [6, 6.07) is 5.67. The minimum atomic E-state index is 0.220. The maximum absolute atomic E-state index is 6.14. The topological polar surface area (TPSA) is 60.2 Å². The molecule has 0 bridgehead atoms. The summed E-state index contributed by atoms with van der Waals surface area (Å²) in [5, 5.41) is 7.44. The Hall–Kier alpha value is -1.59. The van der Waals surface area contributed by atoms with E-state index in [-0.39, 0.29) is 6.61 Å². The van der Waals surface area contributed by atoms with Gasteiger partial charge in [-0.2, -0.15) is 4.98 Å². The number of halogens is 1. The number of hydrogen-bond donors (Lipinski definition) is 1. The molecule has 0 fully saturated rings. The van der Waals surface area contributed by atoms with Crippen LogP contribution in [0.5, 0.6) is 5.75 Å². The van der Waals surface area contributed by atoms with Gasteiger partial charge >= 0.3 is 0 Å². The van der Waals surface area contributed by atoms with Gasteiger partial charge in [0.1, 0.15) is 5.75 Å². The molecule has 5 nitrogen and oxygen atoms in total. The van der Waals surface area contributed by atoms with Crippen molar-refractivity contribution in [3.63, 3.8) is 0 Å². The third kappa shape index (κ3) is 3.68. The molecule has 0 amide bonds. The van der Waals surface area contributed by atoms with Crippen LogP contribution < -0.4 is 10.1 Å². The average molecular weight is 282 g/mol. The monoisotopic (exact) mass is 281 g/mol. The van der Waals surface area contributed by atoms with Crippen molar-refractivity contribution in [1.82, 2.24) is 15.5 Å². The van der Waals surface area contributed by atoms with Crippen LogP contribution >= 0.6 is 11.6 Å². The van der Waals surface area contributed by atoms with Crippen LogP contribution in [0.1, 0.15) is 24.2 Å². The summed E-state index contributed by atoms with van der Waals surface area (Å²) < 4.78 is 10.6. The number of hydrogen-bond acceptors (Lipinski definition) is 5. The molecule has 0 aliphatic heterocycles. The quantitative estimate of drug-likeness (QED) is 0.882. The molecular weight excluding hydrogens is 266 g/mol. The minimum Gasteiger partial charge on any atom is -0.482 e. The lowest BCUT2D eigenvalue weighted by molar-refractivity contribution is 0.242. The average Bonchev–Trinajstić information content (AvgIpc) is 2.86. The van der Waals surface area contributed by atoms with Crippen molar-refractivity contribution in [2.75, 3.05) is 7.05 Å². The molecule has 2 rings (SSSR count). The highest BCUT2D eigenvalue weighted by Gasteiger charge is 2.08. The van der Waals surface area contributed by atoms with Crippen molar-refractivity contribution in [2.45, 2.75) is 26.5 Å². The molecular formula is C13H16ClN3O2. The summed E-state index contributed by atoms with van der Waals surface area (Å²) >= 11 is 6.14. The Morgan fingerprint density at radius 1 is 1.42 bits per heavy atom. The smallest absolute Gasteiger partial charge is 0.264 e. The fourth-order valence-electron chi connectivity index (χ4n) is 1.61. The first-order chi connectivity index (χ1) is 9.22. The van der Waals surface area contributed by atoms with Crippen LogP contribution in [0.15, 0.2) is 22.7 Å². The highest BCUT2D eigenvalue weighted by Crippen LogP contribution is 2.26. The molecule has 0 atom stereocenters. The zero-order chi connectivity index (χ0) is 13.7. The van der Waals surface area contributed by atoms with Crippen LogP contribution in [0.4, 0.5) is 0 Å². The molecule has 1 aromatic heterocycles. The highest BCUT2D eigenvalue weighted by atomic mass is 35.5. The van der Waals surface area contributed by atoms with E-state index in [1.165, 1.54) is 0 Å². The van der Waals surface area contributed by atoms with E-state index in [2.05, 4.69) is 15.5 Å². The van der Waals surface area contributed by atoms with Crippen LogP contribution in [0.3, 0.4) is 0 Å². The summed E-state index contributed by atoms with van der Waals surface area (Å²) in [5.74, 6) is 1.74. The molecule has 1 aromatic carbocycles. The van der Waals surface area contributed by atoms with E-state index >= 15 is 0 Å². The van der Waals surface area contributed by atoms with Crippen molar-refractivity contribution in [3.05, 3.63) is 40.5 Å². The third-order valence-corrected chi connectivity index (χ3v) is 2.85. The standard InChI is InChI=1S/C13H16ClN3O2/c1-3-12-16-13(19-17-12)8-18-11-5-4-9(7-15-2)6-10(11)14/h4-6,15H,3,7-8H2,1-2H3. The predicted molar refractivity (Wildman–Crippen MR) is 72.2 cm³/mol. The Morgan fingerprint density at radius 2 is 2.26 bits per heavy atom. The molecule has 0 aliphatic rings. The van der Waals surface area contributed by atoms with Gasteiger partial charge in [0.15, 0.2) is 12.4 Å². The van der Waals surface area contributed by atoms with E-state index in [4.69, 9.17) is 20.9 Å². The molecule has 0 spiro atoms. The summed E-state index contributed by atoms with van der Waals surface area (Å²) in [6.45, 7) is 2.95. The number of aryl methyl sites for hydroxylation is 1. The van der Waals surface area contributed by atoms with Gasteiger partial charge in [-0.3, -0.25) is 0 Å². The van der Waals surface area contributed by atoms with Gasteiger partial charge in [0, 0.05) is 13.0 Å². The van der Waals surface area contributed by atoms with Gasteiger partial charge in [0.2, 0.25) is 0 Å². The molecule has 0 aliphatic carbocycles. The van der Waals surface area contributed by atoms with E-state index in [9.17, 15) is 0 Å². The second-order valence-electron chi connectivity index (χ2n) is 4.04. The van der Waals surface area contributed by atoms with Gasteiger partial charge in [-0.25, -0.2) is 0 Å². The lowest BCUT2D eigenvalue weighted by Crippen LogP contribution is -2.05. The Balaban J connectivity index is 1.99. The molecule has 2 aromatic rings. The first-order valence-corrected chi connectivity index (χ1v) is 6.48. The molecule has 1 N–H and O–H groups in total. The van der Waals surface area contributed by atoms with Gasteiger partial charge in [-0.1, -0.05) is 29.7 Å². The zero-order valence-electron chi connectivity index (χ0n) is 10.9. The molecule has 102 valence electrons. The summed E-state index contributed by atoms with van der Waals surface area (Å²) in [4.78, 5) is 4.16. The SMILES string of the molecule is CCc1noc(COc2ccc(CNC)cc2Cl)n1. The van der Waals surface area contributed by atoms with E-state index < -0.39 is 0 Å². The summed E-state index contributed by atoms with van der Waals surface area (Å²) in [7, 11) is 1.89. The maximum Gasteiger partial charge on any atom is 0.264 e. The third-order valence-electron chi connectivity index (χ3n) is 2.55. The van der Waals surface area contributed by atoms with Crippen LogP contribution in [-0.2, 0) is 19.6 Å². The molecule has 0 saturated heterocycles. The van der Waals surface area contributed by atoms with Crippen molar-refractivity contribution in [1.29, 1.82) is 0 Å². The lowest BCUT2D eigenvalue weighted by atomic mass is 10.2. The Kier molecular flexibility index (Phi) is 4.76. The number of nitrogens with zero attached hydrogens (tertiary/aromatic N) is 2. The molecule has 19 heavy (non-hydrogen) atoms. The highest BCUT2D eigenvalue weighted by molar-refractivity contribution is 6.32.